The minimum absolute atomic E-state index is 0.0232. The molecule has 8 nitrogen and oxygen atoms in total. The first-order valence-corrected chi connectivity index (χ1v) is 8.62. The number of nitro benzene ring substituents is 1. The third-order valence-electron chi connectivity index (χ3n) is 5.87. The van der Waals surface area contributed by atoms with E-state index in [4.69, 9.17) is 4.74 Å². The van der Waals surface area contributed by atoms with Crippen LogP contribution in [0.5, 0.6) is 0 Å². The number of esters is 1. The van der Waals surface area contributed by atoms with Gasteiger partial charge in [0.1, 0.15) is 12.0 Å². The van der Waals surface area contributed by atoms with Gasteiger partial charge in [0.2, 0.25) is 5.54 Å². The zero-order chi connectivity index (χ0) is 17.8. The van der Waals surface area contributed by atoms with Crippen molar-refractivity contribution in [2.45, 2.75) is 37.8 Å². The average molecular weight is 346 g/mol. The van der Waals surface area contributed by atoms with Gasteiger partial charge in [-0.05, 0) is 13.0 Å². The molecule has 1 spiro atoms. The quantitative estimate of drug-likeness (QED) is 0.468. The van der Waals surface area contributed by atoms with Crippen LogP contribution < -0.4 is 10.2 Å². The summed E-state index contributed by atoms with van der Waals surface area (Å²) in [5, 5.41) is 14.1. The van der Waals surface area contributed by atoms with Gasteiger partial charge in [0.25, 0.3) is 11.6 Å². The molecule has 1 aromatic carbocycles. The van der Waals surface area contributed by atoms with Gasteiger partial charge in [-0.2, -0.15) is 0 Å². The fourth-order valence-electron chi connectivity index (χ4n) is 4.93. The van der Waals surface area contributed by atoms with Gasteiger partial charge >= 0.3 is 5.97 Å². The number of carbonyl (C=O) groups excluding carboxylic acids is 2. The zero-order valence-electron chi connectivity index (χ0n) is 13.9. The lowest BCUT2D eigenvalue weighted by atomic mass is 9.84. The largest absolute Gasteiger partial charge is 0.466 e. The molecule has 0 bridgehead atoms. The van der Waals surface area contributed by atoms with Gasteiger partial charge < -0.3 is 15.0 Å². The van der Waals surface area contributed by atoms with Crippen LogP contribution in [0.1, 0.15) is 31.7 Å². The van der Waals surface area contributed by atoms with Crippen molar-refractivity contribution in [3.63, 3.8) is 0 Å². The first kappa shape index (κ1) is 16.0. The number of benzene rings is 1. The third kappa shape index (κ3) is 2.10. The maximum absolute atomic E-state index is 13.0. The van der Waals surface area contributed by atoms with Gasteiger partial charge in [0.15, 0.2) is 0 Å². The van der Waals surface area contributed by atoms with E-state index in [1.54, 1.807) is 13.0 Å². The van der Waals surface area contributed by atoms with Crippen molar-refractivity contribution in [3.8, 4) is 0 Å². The molecule has 2 saturated heterocycles. The van der Waals surface area contributed by atoms with Crippen LogP contribution in [-0.4, -0.2) is 36.0 Å². The highest BCUT2D eigenvalue weighted by molar-refractivity contribution is 6.05. The number of ether oxygens (including phenoxy) is 1. The van der Waals surface area contributed by atoms with E-state index >= 15 is 0 Å². The summed E-state index contributed by atoms with van der Waals surface area (Å²) >= 11 is 0. The van der Waals surface area contributed by atoms with Crippen molar-refractivity contribution >= 4 is 23.3 Å². The van der Waals surface area contributed by atoms with Crippen LogP contribution in [0, 0.1) is 16.0 Å². The SMILES string of the molecule is CCOC(=O)[C@H]1C[C@]2(C(=O)Nc3ccc([N+](=O)[O-])cc32)[NH+]2CCC[C@H]12. The van der Waals surface area contributed by atoms with Crippen LogP contribution in [0.4, 0.5) is 11.4 Å². The Labute approximate surface area is 144 Å². The number of rotatable bonds is 3. The van der Waals surface area contributed by atoms with Gasteiger partial charge in [-0.25, -0.2) is 0 Å². The molecule has 0 aliphatic carbocycles. The Morgan fingerprint density at radius 1 is 1.52 bits per heavy atom. The molecule has 3 aliphatic rings. The molecule has 8 heteroatoms. The van der Waals surface area contributed by atoms with Crippen LogP contribution in [0.2, 0.25) is 0 Å². The predicted molar refractivity (Wildman–Crippen MR) is 87.0 cm³/mol. The van der Waals surface area contributed by atoms with Crippen molar-refractivity contribution in [1.82, 2.24) is 0 Å². The molecule has 2 fully saturated rings. The number of hydrogen-bond donors (Lipinski definition) is 2. The van der Waals surface area contributed by atoms with E-state index in [2.05, 4.69) is 5.32 Å². The molecule has 2 N–H and O–H groups in total. The predicted octanol–water partition coefficient (Wildman–Crippen LogP) is 0.373. The van der Waals surface area contributed by atoms with Gasteiger partial charge in [-0.3, -0.25) is 19.7 Å². The zero-order valence-corrected chi connectivity index (χ0v) is 13.9. The second-order valence-electron chi connectivity index (χ2n) is 6.93. The lowest BCUT2D eigenvalue weighted by molar-refractivity contribution is -0.947. The highest BCUT2D eigenvalue weighted by Gasteiger charge is 2.67. The number of hydrogen-bond acceptors (Lipinski definition) is 5. The number of amides is 1. The Kier molecular flexibility index (Phi) is 3.54. The number of nitrogens with zero attached hydrogens (tertiary/aromatic N) is 1. The first-order chi connectivity index (χ1) is 12.0. The molecule has 132 valence electrons. The summed E-state index contributed by atoms with van der Waals surface area (Å²) in [6.07, 6.45) is 2.12. The summed E-state index contributed by atoms with van der Waals surface area (Å²) in [4.78, 5) is 37.2. The number of carbonyl (C=O) groups is 2. The molecule has 0 saturated carbocycles. The van der Waals surface area contributed by atoms with E-state index in [1.807, 2.05) is 0 Å². The highest BCUT2D eigenvalue weighted by Crippen LogP contribution is 2.45. The van der Waals surface area contributed by atoms with Crippen LogP contribution in [-0.2, 0) is 19.9 Å². The fourth-order valence-corrected chi connectivity index (χ4v) is 4.93. The summed E-state index contributed by atoms with van der Waals surface area (Å²) < 4.78 is 5.23. The molecule has 4 rings (SSSR count). The van der Waals surface area contributed by atoms with Crippen molar-refractivity contribution in [2.75, 3.05) is 18.5 Å². The Morgan fingerprint density at radius 3 is 3.04 bits per heavy atom. The standard InChI is InChI=1S/C17H19N3O5/c1-2-25-15(21)11-9-17(19-7-3-4-14(11)19)12-8-10(20(23)24)5-6-13(12)18-16(17)22/h5-6,8,11,14H,2-4,7,9H2,1H3,(H,18,22)/p+1/t11-,14+,17-/m0/s1. The number of nitrogens with one attached hydrogen (secondary N) is 2. The van der Waals surface area contributed by atoms with Crippen molar-refractivity contribution < 1.29 is 24.1 Å². The van der Waals surface area contributed by atoms with Crippen molar-refractivity contribution in [3.05, 3.63) is 33.9 Å². The Hall–Kier alpha value is -2.48. The molecule has 0 radical (unpaired) electrons. The molecule has 1 amide bonds. The number of anilines is 1. The first-order valence-electron chi connectivity index (χ1n) is 8.62. The molecule has 4 atom stereocenters. The number of quaternary nitrogens is 1. The molecule has 0 aromatic heterocycles. The molecular weight excluding hydrogens is 326 g/mol. The van der Waals surface area contributed by atoms with Crippen LogP contribution in [0.3, 0.4) is 0 Å². The number of fused-ring (bicyclic) bond motifs is 4. The lowest BCUT2D eigenvalue weighted by Crippen LogP contribution is -3.19. The molecule has 25 heavy (non-hydrogen) atoms. The van der Waals surface area contributed by atoms with E-state index in [9.17, 15) is 19.7 Å². The number of non-ortho nitro benzene ring substituents is 1. The molecular formula is C17H20N3O5+. The third-order valence-corrected chi connectivity index (χ3v) is 5.87. The highest BCUT2D eigenvalue weighted by atomic mass is 16.6. The molecule has 1 unspecified atom stereocenters. The second kappa shape index (κ2) is 5.52. The van der Waals surface area contributed by atoms with E-state index in [0.717, 1.165) is 24.3 Å². The van der Waals surface area contributed by atoms with Crippen LogP contribution >= 0.6 is 0 Å². The van der Waals surface area contributed by atoms with Gasteiger partial charge in [-0.15, -0.1) is 0 Å². The summed E-state index contributed by atoms with van der Waals surface area (Å²) in [6.45, 7) is 2.84. The minimum Gasteiger partial charge on any atom is -0.466 e. The summed E-state index contributed by atoms with van der Waals surface area (Å²) in [7, 11) is 0. The normalized spacial score (nSPS) is 32.4. The van der Waals surface area contributed by atoms with Gasteiger partial charge in [0.05, 0.1) is 29.3 Å². The van der Waals surface area contributed by atoms with E-state index < -0.39 is 10.5 Å². The Bertz CT molecular complexity index is 780. The number of nitro groups is 1. The van der Waals surface area contributed by atoms with Crippen molar-refractivity contribution in [1.29, 1.82) is 0 Å². The van der Waals surface area contributed by atoms with Crippen LogP contribution in [0.15, 0.2) is 18.2 Å². The molecule has 3 heterocycles. The lowest BCUT2D eigenvalue weighted by Gasteiger charge is -2.29. The fraction of sp³-hybridized carbons (Fsp3) is 0.529. The average Bonchev–Trinajstić information content (AvgIpc) is 3.23. The molecule has 3 aliphatic heterocycles. The van der Waals surface area contributed by atoms with E-state index in [1.165, 1.54) is 12.1 Å². The van der Waals surface area contributed by atoms with E-state index in [-0.39, 0.29) is 29.5 Å². The maximum atomic E-state index is 13.0. The monoisotopic (exact) mass is 346 g/mol. The second-order valence-corrected chi connectivity index (χ2v) is 6.93. The summed E-state index contributed by atoms with van der Waals surface area (Å²) in [5.74, 6) is -0.791. The van der Waals surface area contributed by atoms with E-state index in [0.29, 0.717) is 24.3 Å². The topological polar surface area (TPSA) is 103 Å². The summed E-state index contributed by atoms with van der Waals surface area (Å²) in [5.41, 5.74) is 0.281. The maximum Gasteiger partial charge on any atom is 0.315 e. The van der Waals surface area contributed by atoms with Crippen molar-refractivity contribution in [2.24, 2.45) is 5.92 Å². The van der Waals surface area contributed by atoms with Gasteiger partial charge in [0, 0.05) is 31.4 Å². The Morgan fingerprint density at radius 2 is 2.32 bits per heavy atom. The Balaban J connectivity index is 1.82. The smallest absolute Gasteiger partial charge is 0.315 e. The molecule has 1 aromatic rings. The van der Waals surface area contributed by atoms with Crippen LogP contribution in [0.25, 0.3) is 0 Å². The summed E-state index contributed by atoms with van der Waals surface area (Å²) in [6, 6.07) is 4.49. The minimum atomic E-state index is -0.931. The van der Waals surface area contributed by atoms with Gasteiger partial charge in [-0.1, -0.05) is 0 Å².